The van der Waals surface area contributed by atoms with Crippen molar-refractivity contribution in [1.29, 1.82) is 0 Å². The Labute approximate surface area is 118 Å². The van der Waals surface area contributed by atoms with Crippen LogP contribution >= 0.6 is 11.6 Å². The zero-order chi connectivity index (χ0) is 14.7. The number of amides is 1. The highest BCUT2D eigenvalue weighted by molar-refractivity contribution is 6.31. The van der Waals surface area contributed by atoms with E-state index in [4.69, 9.17) is 11.6 Å². The molecule has 7 heteroatoms. The van der Waals surface area contributed by atoms with Crippen LogP contribution < -0.4 is 5.32 Å². The Morgan fingerprint density at radius 3 is 2.65 bits per heavy atom. The van der Waals surface area contributed by atoms with Gasteiger partial charge >= 0.3 is 0 Å². The van der Waals surface area contributed by atoms with Crippen LogP contribution in [-0.2, 0) is 0 Å². The first-order valence-corrected chi connectivity index (χ1v) is 5.89. The molecule has 0 fully saturated rings. The summed E-state index contributed by atoms with van der Waals surface area (Å²) in [6.07, 6.45) is 0. The van der Waals surface area contributed by atoms with Crippen LogP contribution in [0.15, 0.2) is 42.5 Å². The minimum absolute atomic E-state index is 0.00206. The molecule has 2 aromatic carbocycles. The molecule has 102 valence electrons. The van der Waals surface area contributed by atoms with Gasteiger partial charge in [-0.3, -0.25) is 14.9 Å². The predicted molar refractivity (Wildman–Crippen MR) is 74.2 cm³/mol. The Hall–Kier alpha value is -2.60. The first-order chi connectivity index (χ1) is 9.47. The smallest absolute Gasteiger partial charge is 0.296 e. The van der Waals surface area contributed by atoms with Crippen molar-refractivity contribution in [2.75, 3.05) is 5.32 Å². The molecule has 2 N–H and O–H groups in total. The van der Waals surface area contributed by atoms with Gasteiger partial charge in [-0.2, -0.15) is 0 Å². The highest BCUT2D eigenvalue weighted by Crippen LogP contribution is 2.28. The predicted octanol–water partition coefficient (Wildman–Crippen LogP) is 3.21. The minimum atomic E-state index is -0.687. The molecule has 0 heterocycles. The highest BCUT2D eigenvalue weighted by atomic mass is 35.5. The fourth-order valence-corrected chi connectivity index (χ4v) is 1.79. The molecule has 1 amide bonds. The highest BCUT2D eigenvalue weighted by Gasteiger charge is 2.17. The Balaban J connectivity index is 2.30. The molecule has 6 nitrogen and oxygen atoms in total. The topological polar surface area (TPSA) is 92.5 Å². The van der Waals surface area contributed by atoms with E-state index in [-0.39, 0.29) is 22.7 Å². The fourth-order valence-electron chi connectivity index (χ4n) is 1.60. The van der Waals surface area contributed by atoms with Gasteiger partial charge in [0.15, 0.2) is 0 Å². The third-order valence-electron chi connectivity index (χ3n) is 2.51. The van der Waals surface area contributed by atoms with Gasteiger partial charge in [0.1, 0.15) is 11.4 Å². The molecule has 0 radical (unpaired) electrons. The zero-order valence-corrected chi connectivity index (χ0v) is 10.8. The van der Waals surface area contributed by atoms with Gasteiger partial charge in [0.2, 0.25) is 0 Å². The second-order valence-corrected chi connectivity index (χ2v) is 4.36. The number of nitrogens with one attached hydrogen (secondary N) is 1. The zero-order valence-electron chi connectivity index (χ0n) is 10.0. The van der Waals surface area contributed by atoms with Crippen LogP contribution in [0.5, 0.6) is 5.75 Å². The summed E-state index contributed by atoms with van der Waals surface area (Å²) in [7, 11) is 0. The summed E-state index contributed by atoms with van der Waals surface area (Å²) in [5, 5.41) is 22.9. The van der Waals surface area contributed by atoms with Crippen molar-refractivity contribution >= 4 is 28.9 Å². The van der Waals surface area contributed by atoms with Crippen LogP contribution in [-0.4, -0.2) is 15.9 Å². The summed E-state index contributed by atoms with van der Waals surface area (Å²) in [6.45, 7) is 0. The third-order valence-corrected chi connectivity index (χ3v) is 2.75. The van der Waals surface area contributed by atoms with Gasteiger partial charge in [0, 0.05) is 10.6 Å². The van der Waals surface area contributed by atoms with Gasteiger partial charge in [0.25, 0.3) is 11.6 Å². The Morgan fingerprint density at radius 2 is 2.00 bits per heavy atom. The number of rotatable bonds is 3. The average molecular weight is 293 g/mol. The normalized spacial score (nSPS) is 10.1. The van der Waals surface area contributed by atoms with E-state index in [2.05, 4.69) is 5.32 Å². The fraction of sp³-hybridized carbons (Fsp3) is 0. The van der Waals surface area contributed by atoms with Crippen molar-refractivity contribution in [2.45, 2.75) is 0 Å². The number of phenols is 1. The maximum Gasteiger partial charge on any atom is 0.296 e. The lowest BCUT2D eigenvalue weighted by Gasteiger charge is -2.06. The van der Waals surface area contributed by atoms with Gasteiger partial charge in [-0.1, -0.05) is 17.7 Å². The quantitative estimate of drug-likeness (QED) is 0.516. The number of nitrogens with zero attached hydrogens (tertiary/aromatic N) is 1. The van der Waals surface area contributed by atoms with Crippen LogP contribution in [0.25, 0.3) is 0 Å². The van der Waals surface area contributed by atoms with E-state index in [0.29, 0.717) is 5.02 Å². The number of carbonyl (C=O) groups is 1. The van der Waals surface area contributed by atoms with Crippen LogP contribution in [0, 0.1) is 10.1 Å². The van der Waals surface area contributed by atoms with E-state index in [9.17, 15) is 20.0 Å². The molecule has 0 spiro atoms. The van der Waals surface area contributed by atoms with E-state index in [1.807, 2.05) is 0 Å². The lowest BCUT2D eigenvalue weighted by atomic mass is 10.2. The lowest BCUT2D eigenvalue weighted by molar-refractivity contribution is -0.384. The average Bonchev–Trinajstić information content (AvgIpc) is 2.40. The molecule has 0 bridgehead atoms. The van der Waals surface area contributed by atoms with Crippen molar-refractivity contribution in [3.05, 3.63) is 63.2 Å². The third kappa shape index (κ3) is 3.04. The van der Waals surface area contributed by atoms with E-state index in [1.54, 1.807) is 12.1 Å². The molecule has 0 aliphatic carbocycles. The van der Waals surface area contributed by atoms with Gasteiger partial charge in [-0.05, 0) is 30.3 Å². The molecule has 0 aromatic heterocycles. The molecule has 0 saturated carbocycles. The first-order valence-electron chi connectivity index (χ1n) is 5.51. The maximum atomic E-state index is 12.0. The molecule has 0 unspecified atom stereocenters. The summed E-state index contributed by atoms with van der Waals surface area (Å²) in [5.41, 5.74) is -0.113. The van der Waals surface area contributed by atoms with E-state index in [0.717, 1.165) is 6.07 Å². The number of anilines is 1. The number of halogens is 1. The van der Waals surface area contributed by atoms with Gasteiger partial charge in [0.05, 0.1) is 11.0 Å². The number of hydrogen-bond donors (Lipinski definition) is 2. The van der Waals surface area contributed by atoms with E-state index < -0.39 is 10.8 Å². The Bertz CT molecular complexity index is 688. The van der Waals surface area contributed by atoms with Crippen LogP contribution in [0.3, 0.4) is 0 Å². The standard InChI is InChI=1S/C13H9ClN2O4/c14-9-3-1-2-8(6-9)13(18)15-11-5-4-10(17)7-12(11)16(19)20/h1-7,17H,(H,15,18). The minimum Gasteiger partial charge on any atom is -0.508 e. The first kappa shape index (κ1) is 13.8. The molecular formula is C13H9ClN2O4. The number of nitro benzene ring substituents is 1. The second-order valence-electron chi connectivity index (χ2n) is 3.92. The van der Waals surface area contributed by atoms with Crippen molar-refractivity contribution in [3.63, 3.8) is 0 Å². The molecule has 2 rings (SSSR count). The van der Waals surface area contributed by atoms with E-state index >= 15 is 0 Å². The maximum absolute atomic E-state index is 12.0. The number of aromatic hydroxyl groups is 1. The number of nitro groups is 1. The summed E-state index contributed by atoms with van der Waals surface area (Å²) in [5.74, 6) is -0.779. The largest absolute Gasteiger partial charge is 0.508 e. The lowest BCUT2D eigenvalue weighted by Crippen LogP contribution is -2.13. The van der Waals surface area contributed by atoms with Crippen molar-refractivity contribution in [2.24, 2.45) is 0 Å². The molecule has 0 saturated heterocycles. The summed E-state index contributed by atoms with van der Waals surface area (Å²) in [6, 6.07) is 9.67. The Kier molecular flexibility index (Phi) is 3.86. The van der Waals surface area contributed by atoms with Crippen LogP contribution in [0.4, 0.5) is 11.4 Å². The van der Waals surface area contributed by atoms with Crippen molar-refractivity contribution in [3.8, 4) is 5.75 Å². The van der Waals surface area contributed by atoms with Gasteiger partial charge in [-0.25, -0.2) is 0 Å². The molecule has 20 heavy (non-hydrogen) atoms. The van der Waals surface area contributed by atoms with Crippen LogP contribution in [0.1, 0.15) is 10.4 Å². The van der Waals surface area contributed by atoms with E-state index in [1.165, 1.54) is 24.3 Å². The molecule has 0 atom stereocenters. The Morgan fingerprint density at radius 1 is 1.25 bits per heavy atom. The monoisotopic (exact) mass is 292 g/mol. The SMILES string of the molecule is O=C(Nc1ccc(O)cc1[N+](=O)[O-])c1cccc(Cl)c1. The van der Waals surface area contributed by atoms with Crippen LogP contribution in [0.2, 0.25) is 5.02 Å². The van der Waals surface area contributed by atoms with Crippen molar-refractivity contribution < 1.29 is 14.8 Å². The number of phenolic OH excluding ortho intramolecular Hbond substituents is 1. The summed E-state index contributed by atoms with van der Waals surface area (Å²) < 4.78 is 0. The number of carbonyl (C=O) groups excluding carboxylic acids is 1. The molecule has 2 aromatic rings. The number of hydrogen-bond acceptors (Lipinski definition) is 4. The molecular weight excluding hydrogens is 284 g/mol. The van der Waals surface area contributed by atoms with Gasteiger partial charge < -0.3 is 10.4 Å². The second kappa shape index (κ2) is 5.58. The summed E-state index contributed by atoms with van der Waals surface area (Å²) in [4.78, 5) is 22.2. The van der Waals surface area contributed by atoms with Gasteiger partial charge in [-0.15, -0.1) is 0 Å². The van der Waals surface area contributed by atoms with Crippen molar-refractivity contribution in [1.82, 2.24) is 0 Å². The number of benzene rings is 2. The molecule has 0 aliphatic heterocycles. The summed E-state index contributed by atoms with van der Waals surface area (Å²) >= 11 is 5.77. The molecule has 0 aliphatic rings.